The van der Waals surface area contributed by atoms with Crippen LogP contribution in [0.1, 0.15) is 23.1 Å². The Labute approximate surface area is 179 Å². The molecule has 0 saturated carbocycles. The van der Waals surface area contributed by atoms with Gasteiger partial charge in [0.25, 0.3) is 11.8 Å². The highest BCUT2D eigenvalue weighted by atomic mass is 16.5. The smallest absolute Gasteiger partial charge is 0.285 e. The first kappa shape index (κ1) is 20.4. The van der Waals surface area contributed by atoms with E-state index in [2.05, 4.69) is 16.8 Å². The van der Waals surface area contributed by atoms with Gasteiger partial charge in [0.05, 0.1) is 18.3 Å². The maximum Gasteiger partial charge on any atom is 0.285 e. The summed E-state index contributed by atoms with van der Waals surface area (Å²) in [4.78, 5) is 30.1. The third-order valence-corrected chi connectivity index (χ3v) is 5.54. The molecule has 1 aliphatic rings. The number of nitrogens with two attached hydrogens (primary N) is 1. The number of rotatable bonds is 3. The van der Waals surface area contributed by atoms with E-state index in [1.165, 1.54) is 4.90 Å². The molecule has 3 aromatic rings. The summed E-state index contributed by atoms with van der Waals surface area (Å²) in [5.74, 6) is 5.04. The van der Waals surface area contributed by atoms with Gasteiger partial charge in [-0.15, -0.1) is 0 Å². The van der Waals surface area contributed by atoms with Gasteiger partial charge in [0.1, 0.15) is 5.75 Å². The number of imidazole rings is 1. The molecule has 31 heavy (non-hydrogen) atoms. The van der Waals surface area contributed by atoms with E-state index >= 15 is 0 Å². The van der Waals surface area contributed by atoms with Crippen LogP contribution in [0.2, 0.25) is 0 Å². The third-order valence-electron chi connectivity index (χ3n) is 5.54. The molecule has 3 heterocycles. The molecule has 2 atom stereocenters. The van der Waals surface area contributed by atoms with Crippen molar-refractivity contribution < 1.29 is 19.4 Å². The Balaban J connectivity index is 1.79. The molecule has 1 saturated heterocycles. The number of likely N-dealkylation sites (N-methyl/N-ethyl adjacent to an activating group) is 1. The van der Waals surface area contributed by atoms with Gasteiger partial charge in [-0.2, -0.15) is 0 Å². The first-order valence-electron chi connectivity index (χ1n) is 9.72. The van der Waals surface area contributed by atoms with Crippen LogP contribution >= 0.6 is 0 Å². The molecular formula is C23H22N4O4. The van der Waals surface area contributed by atoms with E-state index in [9.17, 15) is 14.7 Å². The summed E-state index contributed by atoms with van der Waals surface area (Å²) in [7, 11) is 3.20. The molecule has 4 rings (SSSR count). The molecule has 2 unspecified atom stereocenters. The van der Waals surface area contributed by atoms with E-state index in [1.54, 1.807) is 62.0 Å². The molecule has 1 aliphatic heterocycles. The summed E-state index contributed by atoms with van der Waals surface area (Å²) in [6.07, 6.45) is 1.67. The molecule has 1 fully saturated rings. The zero-order chi connectivity index (χ0) is 22.3. The second-order valence-corrected chi connectivity index (χ2v) is 7.65. The van der Waals surface area contributed by atoms with Crippen molar-refractivity contribution in [1.29, 1.82) is 0 Å². The molecule has 0 spiro atoms. The van der Waals surface area contributed by atoms with Crippen LogP contribution in [0.5, 0.6) is 5.75 Å². The number of primary amides is 1. The lowest BCUT2D eigenvalue weighted by Gasteiger charge is -2.17. The fourth-order valence-corrected chi connectivity index (χ4v) is 3.79. The van der Waals surface area contributed by atoms with Crippen LogP contribution in [0, 0.1) is 17.8 Å². The molecule has 1 aromatic carbocycles. The van der Waals surface area contributed by atoms with E-state index in [1.807, 2.05) is 6.07 Å². The predicted molar refractivity (Wildman–Crippen MR) is 114 cm³/mol. The number of carbonyl (C=O) groups is 2. The number of fused-ring (bicyclic) bond motifs is 1. The van der Waals surface area contributed by atoms with Crippen LogP contribution < -0.4 is 10.5 Å². The summed E-state index contributed by atoms with van der Waals surface area (Å²) in [5.41, 5.74) is 6.29. The lowest BCUT2D eigenvalue weighted by Crippen LogP contribution is -2.40. The molecule has 2 amide bonds. The number of aromatic nitrogens is 2. The molecule has 8 heteroatoms. The van der Waals surface area contributed by atoms with E-state index in [0.717, 1.165) is 0 Å². The van der Waals surface area contributed by atoms with Gasteiger partial charge in [0, 0.05) is 42.9 Å². The minimum absolute atomic E-state index is 0.104. The second kappa shape index (κ2) is 7.45. The summed E-state index contributed by atoms with van der Waals surface area (Å²) < 4.78 is 6.91. The highest BCUT2D eigenvalue weighted by molar-refractivity contribution is 5.94. The van der Waals surface area contributed by atoms with Crippen LogP contribution in [0.15, 0.2) is 42.6 Å². The molecule has 8 nitrogen and oxygen atoms in total. The lowest BCUT2D eigenvalue weighted by molar-refractivity contribution is -0.138. The minimum atomic E-state index is -1.71. The van der Waals surface area contributed by atoms with Crippen molar-refractivity contribution in [2.45, 2.75) is 12.5 Å². The second-order valence-electron chi connectivity index (χ2n) is 7.65. The van der Waals surface area contributed by atoms with Gasteiger partial charge in [0.2, 0.25) is 11.4 Å². The number of pyridine rings is 1. The Morgan fingerprint density at radius 3 is 2.77 bits per heavy atom. The number of ether oxygens (including phenoxy) is 1. The first-order valence-corrected chi connectivity index (χ1v) is 9.72. The molecule has 3 N–H and O–H groups in total. The van der Waals surface area contributed by atoms with E-state index in [4.69, 9.17) is 10.5 Å². The Morgan fingerprint density at radius 1 is 1.35 bits per heavy atom. The zero-order valence-corrected chi connectivity index (χ0v) is 17.4. The van der Waals surface area contributed by atoms with Crippen LogP contribution in [-0.4, -0.2) is 57.5 Å². The van der Waals surface area contributed by atoms with Crippen molar-refractivity contribution in [3.05, 3.63) is 54.0 Å². The largest absolute Gasteiger partial charge is 0.497 e. The van der Waals surface area contributed by atoms with Gasteiger partial charge in [-0.3, -0.25) is 14.0 Å². The molecule has 2 aromatic heterocycles. The SMILES string of the molecule is COc1ccn2c(C(N)=O)nc(-c3cccc(C#CC4(O)C(=O)N(C)CC4C)c3)c2c1. The number of hydrogen-bond donors (Lipinski definition) is 2. The van der Waals surface area contributed by atoms with E-state index in [0.29, 0.717) is 34.6 Å². The number of aliphatic hydroxyl groups is 1. The standard InChI is InChI=1S/C23H22N4O4/c1-14-13-26(2)22(29)23(14,30)9-7-15-5-4-6-16(11-15)19-18-12-17(31-3)8-10-27(18)21(25-19)20(24)28/h4-6,8,10-12,14,30H,13H2,1-3H3,(H2,24,28). The first-order chi connectivity index (χ1) is 14.7. The van der Waals surface area contributed by atoms with Crippen molar-refractivity contribution in [1.82, 2.24) is 14.3 Å². The summed E-state index contributed by atoms with van der Waals surface area (Å²) in [6, 6.07) is 10.7. The van der Waals surface area contributed by atoms with Crippen LogP contribution in [0.4, 0.5) is 0 Å². The maximum atomic E-state index is 12.3. The highest BCUT2D eigenvalue weighted by Gasteiger charge is 2.48. The highest BCUT2D eigenvalue weighted by Crippen LogP contribution is 2.29. The molecule has 0 radical (unpaired) electrons. The quantitative estimate of drug-likeness (QED) is 0.623. The van der Waals surface area contributed by atoms with Crippen molar-refractivity contribution in [2.75, 3.05) is 20.7 Å². The number of carbonyl (C=O) groups excluding carboxylic acids is 2. The number of nitrogens with zero attached hydrogens (tertiary/aromatic N) is 3. The summed E-state index contributed by atoms with van der Waals surface area (Å²) >= 11 is 0. The molecule has 0 bridgehead atoms. The Morgan fingerprint density at radius 2 is 2.13 bits per heavy atom. The maximum absolute atomic E-state index is 12.3. The van der Waals surface area contributed by atoms with Crippen LogP contribution in [0.3, 0.4) is 0 Å². The summed E-state index contributed by atoms with van der Waals surface area (Å²) in [6.45, 7) is 2.24. The Hall–Kier alpha value is -3.83. The molecular weight excluding hydrogens is 396 g/mol. The average Bonchev–Trinajstić information content (AvgIpc) is 3.23. The number of hydrogen-bond acceptors (Lipinski definition) is 5. The minimum Gasteiger partial charge on any atom is -0.497 e. The Kier molecular flexibility index (Phi) is 4.91. The predicted octanol–water partition coefficient (Wildman–Crippen LogP) is 1.30. The topological polar surface area (TPSA) is 110 Å². The van der Waals surface area contributed by atoms with Crippen LogP contribution in [0.25, 0.3) is 16.8 Å². The molecule has 0 aliphatic carbocycles. The number of methoxy groups -OCH3 is 1. The fraction of sp³-hybridized carbons (Fsp3) is 0.261. The van der Waals surface area contributed by atoms with E-state index in [-0.39, 0.29) is 11.7 Å². The zero-order valence-electron chi connectivity index (χ0n) is 17.4. The van der Waals surface area contributed by atoms with Crippen molar-refractivity contribution in [2.24, 2.45) is 11.7 Å². The van der Waals surface area contributed by atoms with Crippen molar-refractivity contribution in [3.8, 4) is 28.8 Å². The van der Waals surface area contributed by atoms with Crippen LogP contribution in [-0.2, 0) is 4.79 Å². The normalized spacial score (nSPS) is 20.6. The van der Waals surface area contributed by atoms with Gasteiger partial charge < -0.3 is 20.5 Å². The average molecular weight is 418 g/mol. The summed E-state index contributed by atoms with van der Waals surface area (Å²) in [5, 5.41) is 10.8. The number of benzene rings is 1. The van der Waals surface area contributed by atoms with Gasteiger partial charge in [-0.05, 0) is 18.2 Å². The number of amides is 2. The van der Waals surface area contributed by atoms with Crippen molar-refractivity contribution in [3.63, 3.8) is 0 Å². The monoisotopic (exact) mass is 418 g/mol. The van der Waals surface area contributed by atoms with Gasteiger partial charge >= 0.3 is 0 Å². The third kappa shape index (κ3) is 3.39. The van der Waals surface area contributed by atoms with E-state index < -0.39 is 17.4 Å². The van der Waals surface area contributed by atoms with Gasteiger partial charge in [-0.25, -0.2) is 4.98 Å². The Bertz CT molecular complexity index is 1270. The van der Waals surface area contributed by atoms with Gasteiger partial charge in [-0.1, -0.05) is 30.9 Å². The lowest BCUT2D eigenvalue weighted by atomic mass is 9.92. The van der Waals surface area contributed by atoms with Gasteiger partial charge in [0.15, 0.2) is 0 Å². The van der Waals surface area contributed by atoms with Crippen molar-refractivity contribution >= 4 is 17.3 Å². The fourth-order valence-electron chi connectivity index (χ4n) is 3.79. The molecule has 158 valence electrons. The number of likely N-dealkylation sites (tertiary alicyclic amines) is 1.